The fourth-order valence-corrected chi connectivity index (χ4v) is 3.35. The van der Waals surface area contributed by atoms with E-state index in [1.165, 1.54) is 4.90 Å². The molecule has 0 aliphatic carbocycles. The third-order valence-corrected chi connectivity index (χ3v) is 5.11. The first kappa shape index (κ1) is 19.8. The lowest BCUT2D eigenvalue weighted by molar-refractivity contribution is -0.140. The molecule has 1 fully saturated rings. The molecule has 1 N–H and O–H groups in total. The van der Waals surface area contributed by atoms with Gasteiger partial charge in [-0.2, -0.15) is 0 Å². The summed E-state index contributed by atoms with van der Waals surface area (Å²) in [4.78, 5) is 33.2. The van der Waals surface area contributed by atoms with Crippen LogP contribution in [0.4, 0.5) is 0 Å². The summed E-state index contributed by atoms with van der Waals surface area (Å²) in [5.41, 5.74) is 3.43. The normalized spacial score (nSPS) is 18.9. The molecule has 1 saturated heterocycles. The molecule has 6 heteroatoms. The van der Waals surface area contributed by atoms with Crippen LogP contribution in [0.1, 0.15) is 28.3 Å². The number of aryl methyl sites for hydroxylation is 2. The summed E-state index contributed by atoms with van der Waals surface area (Å²) in [7, 11) is 3.81. The number of hydrogen-bond donors (Lipinski definition) is 1. The van der Waals surface area contributed by atoms with E-state index < -0.39 is 17.7 Å². The van der Waals surface area contributed by atoms with Crippen molar-refractivity contribution in [2.24, 2.45) is 0 Å². The van der Waals surface area contributed by atoms with Gasteiger partial charge in [-0.1, -0.05) is 18.2 Å². The number of pyridine rings is 1. The highest BCUT2D eigenvalue weighted by Crippen LogP contribution is 2.39. The minimum absolute atomic E-state index is 0.111. The van der Waals surface area contributed by atoms with Gasteiger partial charge in [0, 0.05) is 31.0 Å². The zero-order valence-electron chi connectivity index (χ0n) is 16.6. The number of Topliss-reactive ketones (excluding diaryl/α,β-unsaturated/α-hetero) is 1. The Labute approximate surface area is 165 Å². The van der Waals surface area contributed by atoms with E-state index in [-0.39, 0.29) is 11.3 Å². The van der Waals surface area contributed by atoms with Crippen molar-refractivity contribution in [3.63, 3.8) is 0 Å². The number of amides is 1. The summed E-state index contributed by atoms with van der Waals surface area (Å²) in [5, 5.41) is 11.0. The summed E-state index contributed by atoms with van der Waals surface area (Å²) in [6.45, 7) is 4.91. The molecule has 146 valence electrons. The van der Waals surface area contributed by atoms with Crippen LogP contribution in [0.2, 0.25) is 0 Å². The molecule has 1 aromatic carbocycles. The van der Waals surface area contributed by atoms with Crippen molar-refractivity contribution in [3.8, 4) is 0 Å². The first-order valence-corrected chi connectivity index (χ1v) is 9.22. The van der Waals surface area contributed by atoms with Gasteiger partial charge in [-0.15, -0.1) is 0 Å². The summed E-state index contributed by atoms with van der Waals surface area (Å²) < 4.78 is 0. The third kappa shape index (κ3) is 3.68. The van der Waals surface area contributed by atoms with Gasteiger partial charge in [0.05, 0.1) is 11.6 Å². The quantitative estimate of drug-likeness (QED) is 0.491. The van der Waals surface area contributed by atoms with E-state index in [2.05, 4.69) is 4.98 Å². The molecule has 6 nitrogen and oxygen atoms in total. The average molecular weight is 379 g/mol. The van der Waals surface area contributed by atoms with E-state index in [0.717, 1.165) is 11.1 Å². The fourth-order valence-electron chi connectivity index (χ4n) is 3.35. The van der Waals surface area contributed by atoms with Crippen molar-refractivity contribution < 1.29 is 14.7 Å². The lowest BCUT2D eigenvalue weighted by Crippen LogP contribution is -2.35. The Morgan fingerprint density at radius 3 is 2.54 bits per heavy atom. The van der Waals surface area contributed by atoms with Crippen LogP contribution in [0.3, 0.4) is 0 Å². The van der Waals surface area contributed by atoms with Crippen LogP contribution < -0.4 is 0 Å². The first-order valence-electron chi connectivity index (χ1n) is 9.22. The largest absolute Gasteiger partial charge is 0.507 e. The van der Waals surface area contributed by atoms with Crippen LogP contribution in [0, 0.1) is 13.8 Å². The number of aromatic nitrogens is 1. The molecule has 3 rings (SSSR count). The predicted octanol–water partition coefficient (Wildman–Crippen LogP) is 2.68. The van der Waals surface area contributed by atoms with Crippen LogP contribution in [-0.2, 0) is 9.59 Å². The molecule has 2 aromatic rings. The number of aliphatic hydroxyl groups is 1. The number of carbonyl (C=O) groups excluding carboxylic acids is 2. The van der Waals surface area contributed by atoms with Gasteiger partial charge in [-0.05, 0) is 56.8 Å². The van der Waals surface area contributed by atoms with Crippen molar-refractivity contribution >= 4 is 17.4 Å². The van der Waals surface area contributed by atoms with E-state index in [0.29, 0.717) is 24.2 Å². The molecule has 0 bridgehead atoms. The molecule has 28 heavy (non-hydrogen) atoms. The number of nitrogens with zero attached hydrogens (tertiary/aromatic N) is 3. The molecule has 0 saturated carbocycles. The van der Waals surface area contributed by atoms with Gasteiger partial charge in [0.2, 0.25) is 0 Å². The highest BCUT2D eigenvalue weighted by Gasteiger charge is 2.45. The maximum absolute atomic E-state index is 12.9. The maximum atomic E-state index is 12.9. The van der Waals surface area contributed by atoms with Gasteiger partial charge in [0.15, 0.2) is 0 Å². The predicted molar refractivity (Wildman–Crippen MR) is 108 cm³/mol. The molecule has 1 atom stereocenters. The SMILES string of the molecule is Cc1ccc(/C(O)=C2/C(=O)C(=O)N(CCN(C)C)C2c2cccnc2)cc1C. The van der Waals surface area contributed by atoms with E-state index in [1.54, 1.807) is 24.5 Å². The second-order valence-corrected chi connectivity index (χ2v) is 7.38. The van der Waals surface area contributed by atoms with Gasteiger partial charge in [-0.25, -0.2) is 0 Å². The summed E-state index contributed by atoms with van der Waals surface area (Å²) in [5.74, 6) is -1.41. The number of carbonyl (C=O) groups is 2. The summed E-state index contributed by atoms with van der Waals surface area (Å²) in [6.07, 6.45) is 3.27. The topological polar surface area (TPSA) is 73.7 Å². The van der Waals surface area contributed by atoms with Crippen molar-refractivity contribution in [3.05, 3.63) is 70.6 Å². The lowest BCUT2D eigenvalue weighted by atomic mass is 9.95. The monoisotopic (exact) mass is 379 g/mol. The Morgan fingerprint density at radius 2 is 1.93 bits per heavy atom. The van der Waals surface area contributed by atoms with Gasteiger partial charge in [0.1, 0.15) is 5.76 Å². The van der Waals surface area contributed by atoms with E-state index >= 15 is 0 Å². The molecule has 1 unspecified atom stereocenters. The molecule has 1 aliphatic rings. The van der Waals surface area contributed by atoms with Gasteiger partial charge >= 0.3 is 0 Å². The standard InChI is InChI=1S/C22H25N3O3/c1-14-7-8-16(12-15(14)2)20(26)18-19(17-6-5-9-23-13-17)25(11-10-24(3)4)22(28)21(18)27/h5-9,12-13,19,26H,10-11H2,1-4H3/b20-18-. The van der Waals surface area contributed by atoms with Crippen molar-refractivity contribution in [1.29, 1.82) is 0 Å². The van der Waals surface area contributed by atoms with Gasteiger partial charge < -0.3 is 14.9 Å². The highest BCUT2D eigenvalue weighted by atomic mass is 16.3. The van der Waals surface area contributed by atoms with Crippen LogP contribution in [0.5, 0.6) is 0 Å². The number of benzene rings is 1. The second-order valence-electron chi connectivity index (χ2n) is 7.38. The van der Waals surface area contributed by atoms with Gasteiger partial charge in [-0.3, -0.25) is 14.6 Å². The molecule has 1 amide bonds. The van der Waals surface area contributed by atoms with Gasteiger partial charge in [0.25, 0.3) is 11.7 Å². The Hall–Kier alpha value is -2.99. The Morgan fingerprint density at radius 1 is 1.18 bits per heavy atom. The molecule has 0 spiro atoms. The smallest absolute Gasteiger partial charge is 0.295 e. The summed E-state index contributed by atoms with van der Waals surface area (Å²) >= 11 is 0. The Kier molecular flexibility index (Phi) is 5.61. The van der Waals surface area contributed by atoms with E-state index in [9.17, 15) is 14.7 Å². The number of likely N-dealkylation sites (tertiary alicyclic amines) is 1. The number of aliphatic hydroxyl groups excluding tert-OH is 1. The number of likely N-dealkylation sites (N-methyl/N-ethyl adjacent to an activating group) is 1. The molecule has 1 aliphatic heterocycles. The van der Waals surface area contributed by atoms with E-state index in [4.69, 9.17) is 0 Å². The van der Waals surface area contributed by atoms with Crippen molar-refractivity contribution in [2.75, 3.05) is 27.2 Å². The lowest BCUT2D eigenvalue weighted by Gasteiger charge is -2.26. The Balaban J connectivity index is 2.14. The number of hydrogen-bond acceptors (Lipinski definition) is 5. The first-order chi connectivity index (χ1) is 13.3. The third-order valence-electron chi connectivity index (χ3n) is 5.11. The van der Waals surface area contributed by atoms with Crippen LogP contribution in [0.15, 0.2) is 48.3 Å². The molecular formula is C22H25N3O3. The minimum atomic E-state index is -0.664. The molecule has 2 heterocycles. The Bertz CT molecular complexity index is 935. The summed E-state index contributed by atoms with van der Waals surface area (Å²) in [6, 6.07) is 8.42. The van der Waals surface area contributed by atoms with E-state index in [1.807, 2.05) is 51.0 Å². The van der Waals surface area contributed by atoms with Crippen molar-refractivity contribution in [1.82, 2.24) is 14.8 Å². The molecule has 1 aromatic heterocycles. The van der Waals surface area contributed by atoms with Crippen LogP contribution in [-0.4, -0.2) is 58.8 Å². The number of ketones is 1. The average Bonchev–Trinajstić information content (AvgIpc) is 2.93. The molecular weight excluding hydrogens is 354 g/mol. The number of rotatable bonds is 5. The van der Waals surface area contributed by atoms with Crippen LogP contribution >= 0.6 is 0 Å². The van der Waals surface area contributed by atoms with Crippen LogP contribution in [0.25, 0.3) is 5.76 Å². The van der Waals surface area contributed by atoms with Crippen molar-refractivity contribution in [2.45, 2.75) is 19.9 Å². The minimum Gasteiger partial charge on any atom is -0.507 e. The highest BCUT2D eigenvalue weighted by molar-refractivity contribution is 6.46. The molecule has 0 radical (unpaired) electrons. The maximum Gasteiger partial charge on any atom is 0.295 e. The second kappa shape index (κ2) is 7.94. The zero-order chi connectivity index (χ0) is 20.4. The fraction of sp³-hybridized carbons (Fsp3) is 0.318. The zero-order valence-corrected chi connectivity index (χ0v) is 16.6.